The van der Waals surface area contributed by atoms with Crippen LogP contribution in [0.5, 0.6) is 0 Å². The molecule has 3 rings (SSSR count). The van der Waals surface area contributed by atoms with Gasteiger partial charge in [-0.25, -0.2) is 8.42 Å². The van der Waals surface area contributed by atoms with Crippen molar-refractivity contribution >= 4 is 44.6 Å². The Hall–Kier alpha value is -1.47. The summed E-state index contributed by atoms with van der Waals surface area (Å²) in [6.45, 7) is 5.45. The maximum Gasteiger partial charge on any atom is 0.232 e. The summed E-state index contributed by atoms with van der Waals surface area (Å²) in [5, 5.41) is 0.924. The average Bonchev–Trinajstić information content (AvgIpc) is 2.64. The molecule has 1 N–H and O–H groups in total. The fourth-order valence-corrected chi connectivity index (χ4v) is 4.98. The van der Waals surface area contributed by atoms with Gasteiger partial charge in [0.05, 0.1) is 16.5 Å². The second-order valence-electron chi connectivity index (χ2n) is 7.05. The third-order valence-electron chi connectivity index (χ3n) is 4.83. The normalized spacial score (nSPS) is 15.6. The van der Waals surface area contributed by atoms with E-state index < -0.39 is 10.0 Å². The lowest BCUT2D eigenvalue weighted by molar-refractivity contribution is 0.313. The molecule has 152 valence electrons. The number of rotatable bonds is 6. The monoisotopic (exact) mass is 441 g/mol. The number of anilines is 2. The molecule has 1 fully saturated rings. The van der Waals surface area contributed by atoms with E-state index in [0.29, 0.717) is 22.2 Å². The van der Waals surface area contributed by atoms with Crippen LogP contribution < -0.4 is 9.62 Å². The van der Waals surface area contributed by atoms with Crippen LogP contribution in [0.2, 0.25) is 10.0 Å². The van der Waals surface area contributed by atoms with E-state index in [1.54, 1.807) is 6.07 Å². The Kier molecular flexibility index (Phi) is 6.76. The zero-order valence-electron chi connectivity index (χ0n) is 16.1. The molecule has 0 radical (unpaired) electrons. The summed E-state index contributed by atoms with van der Waals surface area (Å²) in [7, 11) is -1.37. The fraction of sp³-hybridized carbons (Fsp3) is 0.400. The molecule has 2 aromatic rings. The van der Waals surface area contributed by atoms with Gasteiger partial charge in [-0.05, 0) is 31.7 Å². The van der Waals surface area contributed by atoms with Gasteiger partial charge in [-0.15, -0.1) is 0 Å². The van der Waals surface area contributed by atoms with E-state index >= 15 is 0 Å². The van der Waals surface area contributed by atoms with E-state index in [1.807, 2.05) is 37.3 Å². The first-order valence-corrected chi connectivity index (χ1v) is 11.7. The van der Waals surface area contributed by atoms with E-state index in [0.717, 1.165) is 43.0 Å². The first-order chi connectivity index (χ1) is 13.3. The van der Waals surface area contributed by atoms with E-state index in [4.69, 9.17) is 23.2 Å². The summed E-state index contributed by atoms with van der Waals surface area (Å²) in [6.07, 6.45) is 0.530. The van der Waals surface area contributed by atoms with E-state index in [2.05, 4.69) is 21.6 Å². The second-order valence-corrected chi connectivity index (χ2v) is 9.67. The molecule has 8 heteroatoms. The molecule has 0 aromatic heterocycles. The predicted octanol–water partition coefficient (Wildman–Crippen LogP) is 4.56. The molecule has 1 heterocycles. The number of sulfonamides is 1. The van der Waals surface area contributed by atoms with Crippen molar-refractivity contribution in [3.05, 3.63) is 46.4 Å². The minimum atomic E-state index is -3.47. The van der Waals surface area contributed by atoms with Gasteiger partial charge in [-0.3, -0.25) is 4.72 Å². The molecule has 28 heavy (non-hydrogen) atoms. The summed E-state index contributed by atoms with van der Waals surface area (Å²) in [6, 6.07) is 11.3. The standard InChI is InChI=1S/C20H25Cl2N3O2S/c1-3-12-28(26,27)23-19-14-15(25-10-8-24(2)9-11-25)13-17(20(19)22)16-6-4-5-7-18(16)21/h4-7,13-14,23H,3,8-12H2,1-2H3. The van der Waals surface area contributed by atoms with Gasteiger partial charge in [0, 0.05) is 48.0 Å². The van der Waals surface area contributed by atoms with Crippen molar-refractivity contribution < 1.29 is 8.42 Å². The van der Waals surface area contributed by atoms with Crippen LogP contribution in [0.1, 0.15) is 13.3 Å². The molecule has 0 saturated carbocycles. The zero-order valence-corrected chi connectivity index (χ0v) is 18.4. The predicted molar refractivity (Wildman–Crippen MR) is 119 cm³/mol. The Bertz CT molecular complexity index is 942. The first kappa shape index (κ1) is 21.2. The molecule has 0 atom stereocenters. The summed E-state index contributed by atoms with van der Waals surface area (Å²) in [4.78, 5) is 4.51. The van der Waals surface area contributed by atoms with E-state index in [1.165, 1.54) is 0 Å². The van der Waals surface area contributed by atoms with Crippen molar-refractivity contribution in [1.82, 2.24) is 4.90 Å². The number of halogens is 2. The summed E-state index contributed by atoms with van der Waals surface area (Å²) < 4.78 is 27.4. The minimum absolute atomic E-state index is 0.0451. The third kappa shape index (κ3) is 4.92. The maximum atomic E-state index is 12.4. The van der Waals surface area contributed by atoms with Crippen molar-refractivity contribution in [2.24, 2.45) is 0 Å². The Morgan fingerprint density at radius 3 is 2.36 bits per heavy atom. The van der Waals surface area contributed by atoms with Crippen molar-refractivity contribution in [2.45, 2.75) is 13.3 Å². The highest BCUT2D eigenvalue weighted by Gasteiger charge is 2.21. The SMILES string of the molecule is CCCS(=O)(=O)Nc1cc(N2CCN(C)CC2)cc(-c2ccccc2Cl)c1Cl. The quantitative estimate of drug-likeness (QED) is 0.713. The van der Waals surface area contributed by atoms with Crippen LogP contribution >= 0.6 is 23.2 Å². The highest BCUT2D eigenvalue weighted by Crippen LogP contribution is 2.41. The number of piperazine rings is 1. The molecule has 2 aromatic carbocycles. The van der Waals surface area contributed by atoms with Crippen molar-refractivity contribution in [2.75, 3.05) is 48.6 Å². The number of nitrogens with zero attached hydrogens (tertiary/aromatic N) is 2. The Balaban J connectivity index is 2.09. The number of hydrogen-bond acceptors (Lipinski definition) is 4. The number of nitrogens with one attached hydrogen (secondary N) is 1. The molecule has 1 aliphatic heterocycles. The number of benzene rings is 2. The van der Waals surface area contributed by atoms with Crippen LogP contribution in [-0.2, 0) is 10.0 Å². The molecule has 1 aliphatic rings. The van der Waals surface area contributed by atoms with Crippen LogP contribution in [0.15, 0.2) is 36.4 Å². The van der Waals surface area contributed by atoms with Crippen molar-refractivity contribution in [3.63, 3.8) is 0 Å². The van der Waals surface area contributed by atoms with Crippen LogP contribution in [0.4, 0.5) is 11.4 Å². The van der Waals surface area contributed by atoms with Gasteiger partial charge in [0.1, 0.15) is 0 Å². The lowest BCUT2D eigenvalue weighted by Gasteiger charge is -2.34. The lowest BCUT2D eigenvalue weighted by atomic mass is 10.0. The Labute approximate surface area is 177 Å². The zero-order chi connectivity index (χ0) is 20.3. The molecule has 0 spiro atoms. The molecule has 1 saturated heterocycles. The Morgan fingerprint density at radius 2 is 1.71 bits per heavy atom. The van der Waals surface area contributed by atoms with Crippen LogP contribution in [0.3, 0.4) is 0 Å². The molecule has 5 nitrogen and oxygen atoms in total. The molecule has 0 unspecified atom stereocenters. The van der Waals surface area contributed by atoms with Gasteiger partial charge < -0.3 is 9.80 Å². The summed E-state index contributed by atoms with van der Waals surface area (Å²) >= 11 is 13.0. The highest BCUT2D eigenvalue weighted by atomic mass is 35.5. The third-order valence-corrected chi connectivity index (χ3v) is 7.04. The number of likely N-dealkylation sites (N-methyl/N-ethyl adjacent to an activating group) is 1. The Morgan fingerprint density at radius 1 is 1.04 bits per heavy atom. The molecule has 0 aliphatic carbocycles. The molecule has 0 bridgehead atoms. The van der Waals surface area contributed by atoms with Crippen LogP contribution in [0, 0.1) is 0 Å². The first-order valence-electron chi connectivity index (χ1n) is 9.33. The topological polar surface area (TPSA) is 52.7 Å². The van der Waals surface area contributed by atoms with E-state index in [-0.39, 0.29) is 5.75 Å². The molecular formula is C20H25Cl2N3O2S. The average molecular weight is 442 g/mol. The van der Waals surface area contributed by atoms with Gasteiger partial charge >= 0.3 is 0 Å². The maximum absolute atomic E-state index is 12.4. The van der Waals surface area contributed by atoms with Crippen molar-refractivity contribution in [1.29, 1.82) is 0 Å². The largest absolute Gasteiger partial charge is 0.369 e. The van der Waals surface area contributed by atoms with Crippen LogP contribution in [-0.4, -0.2) is 52.3 Å². The molecular weight excluding hydrogens is 417 g/mol. The van der Waals surface area contributed by atoms with Gasteiger partial charge in [-0.2, -0.15) is 0 Å². The smallest absolute Gasteiger partial charge is 0.232 e. The number of hydrogen-bond donors (Lipinski definition) is 1. The van der Waals surface area contributed by atoms with Crippen molar-refractivity contribution in [3.8, 4) is 11.1 Å². The van der Waals surface area contributed by atoms with Crippen LogP contribution in [0.25, 0.3) is 11.1 Å². The second kappa shape index (κ2) is 8.91. The van der Waals surface area contributed by atoms with Gasteiger partial charge in [0.25, 0.3) is 0 Å². The summed E-state index contributed by atoms with van der Waals surface area (Å²) in [5.74, 6) is 0.0451. The van der Waals surface area contributed by atoms with E-state index in [9.17, 15) is 8.42 Å². The lowest BCUT2D eigenvalue weighted by Crippen LogP contribution is -2.44. The van der Waals surface area contributed by atoms with Gasteiger partial charge in [0.15, 0.2) is 0 Å². The highest BCUT2D eigenvalue weighted by molar-refractivity contribution is 7.92. The molecule has 0 amide bonds. The minimum Gasteiger partial charge on any atom is -0.369 e. The van der Waals surface area contributed by atoms with Gasteiger partial charge in [-0.1, -0.05) is 48.3 Å². The fourth-order valence-electron chi connectivity index (χ4n) is 3.29. The van der Waals surface area contributed by atoms with Gasteiger partial charge in [0.2, 0.25) is 10.0 Å². The summed E-state index contributed by atoms with van der Waals surface area (Å²) in [5.41, 5.74) is 2.82.